The third kappa shape index (κ3) is 6.51. The van der Waals surface area contributed by atoms with E-state index in [0.717, 1.165) is 28.8 Å². The highest BCUT2D eigenvalue weighted by atomic mass is 32.2. The maximum atomic E-state index is 12.9. The van der Waals surface area contributed by atoms with Gasteiger partial charge in [-0.2, -0.15) is 0 Å². The van der Waals surface area contributed by atoms with Crippen molar-refractivity contribution in [2.24, 2.45) is 5.92 Å². The molecule has 2 N–H and O–H groups in total. The molecule has 0 aliphatic rings. The normalized spacial score (nSPS) is 12.0. The number of anilines is 1. The maximum Gasteiger partial charge on any atom is 0.251 e. The summed E-state index contributed by atoms with van der Waals surface area (Å²) in [6.07, 6.45) is 0.850. The quantitative estimate of drug-likeness (QED) is 0.373. The predicted octanol–water partition coefficient (Wildman–Crippen LogP) is 5.34. The number of para-hydroxylation sites is 1. The Morgan fingerprint density at radius 2 is 1.74 bits per heavy atom. The molecule has 1 aromatic heterocycles. The first-order valence-corrected chi connectivity index (χ1v) is 13.0. The molecule has 35 heavy (non-hydrogen) atoms. The van der Waals surface area contributed by atoms with Crippen molar-refractivity contribution in [3.05, 3.63) is 70.5 Å². The zero-order valence-corrected chi connectivity index (χ0v) is 22.2. The van der Waals surface area contributed by atoms with Gasteiger partial charge in [-0.25, -0.2) is 0 Å². The van der Waals surface area contributed by atoms with Gasteiger partial charge in [0.25, 0.3) is 5.91 Å². The molecule has 1 heterocycles. The van der Waals surface area contributed by atoms with E-state index in [2.05, 4.69) is 27.8 Å². The van der Waals surface area contributed by atoms with Crippen LogP contribution in [0.25, 0.3) is 0 Å². The molecule has 3 aromatic rings. The monoisotopic (exact) mass is 493 g/mol. The summed E-state index contributed by atoms with van der Waals surface area (Å²) in [5, 5.41) is 15.6. The van der Waals surface area contributed by atoms with Crippen molar-refractivity contribution in [3.63, 3.8) is 0 Å². The molecule has 0 radical (unpaired) electrons. The first-order chi connectivity index (χ1) is 16.7. The van der Waals surface area contributed by atoms with E-state index in [1.165, 1.54) is 11.8 Å². The molecule has 0 saturated heterocycles. The van der Waals surface area contributed by atoms with Gasteiger partial charge >= 0.3 is 0 Å². The summed E-state index contributed by atoms with van der Waals surface area (Å²) in [5.41, 5.74) is 4.76. The van der Waals surface area contributed by atoms with Crippen LogP contribution in [0.15, 0.2) is 47.6 Å². The van der Waals surface area contributed by atoms with Crippen LogP contribution in [0.1, 0.15) is 66.6 Å². The van der Waals surface area contributed by atoms with Crippen LogP contribution in [0.3, 0.4) is 0 Å². The summed E-state index contributed by atoms with van der Waals surface area (Å²) in [5.74, 6) is 0.788. The van der Waals surface area contributed by atoms with Gasteiger partial charge in [0, 0.05) is 17.8 Å². The van der Waals surface area contributed by atoms with Crippen LogP contribution < -0.4 is 10.6 Å². The second-order valence-electron chi connectivity index (χ2n) is 8.95. The minimum Gasteiger partial charge on any atom is -0.342 e. The molecule has 0 saturated carbocycles. The first-order valence-electron chi connectivity index (χ1n) is 12.1. The Balaban J connectivity index is 1.73. The predicted molar refractivity (Wildman–Crippen MR) is 142 cm³/mol. The average molecular weight is 494 g/mol. The van der Waals surface area contributed by atoms with Crippen LogP contribution in [-0.4, -0.2) is 32.3 Å². The van der Waals surface area contributed by atoms with Crippen molar-refractivity contribution in [3.8, 4) is 0 Å². The van der Waals surface area contributed by atoms with Gasteiger partial charge in [-0.05, 0) is 56.4 Å². The van der Waals surface area contributed by atoms with E-state index < -0.39 is 0 Å². The number of hydrogen-bond acceptors (Lipinski definition) is 5. The second-order valence-corrected chi connectivity index (χ2v) is 9.89. The average Bonchev–Trinajstić information content (AvgIpc) is 3.25. The smallest absolute Gasteiger partial charge is 0.251 e. The number of aromatic nitrogens is 3. The van der Waals surface area contributed by atoms with Gasteiger partial charge in [0.05, 0.1) is 11.8 Å². The Morgan fingerprint density at radius 3 is 2.37 bits per heavy atom. The lowest BCUT2D eigenvalue weighted by Crippen LogP contribution is -2.33. The fraction of sp³-hybridized carbons (Fsp3) is 0.407. The molecule has 2 amide bonds. The van der Waals surface area contributed by atoms with Crippen LogP contribution in [0, 0.1) is 19.8 Å². The molecule has 0 spiro atoms. The SMILES string of the molecule is CCc1cccc(C)c1NC(=O)CSc1nnc([C@@H](NC(=O)c2ccc(C)cc2)C(C)C)n1CC. The van der Waals surface area contributed by atoms with Gasteiger partial charge < -0.3 is 15.2 Å². The molecule has 0 aliphatic heterocycles. The third-order valence-corrected chi connectivity index (χ3v) is 6.91. The van der Waals surface area contributed by atoms with E-state index in [9.17, 15) is 9.59 Å². The van der Waals surface area contributed by atoms with Crippen LogP contribution in [0.5, 0.6) is 0 Å². The van der Waals surface area contributed by atoms with Crippen LogP contribution in [0.4, 0.5) is 5.69 Å². The van der Waals surface area contributed by atoms with Gasteiger partial charge in [0.2, 0.25) is 5.91 Å². The summed E-state index contributed by atoms with van der Waals surface area (Å²) >= 11 is 1.35. The number of carbonyl (C=O) groups is 2. The number of carbonyl (C=O) groups excluding carboxylic acids is 2. The number of amides is 2. The highest BCUT2D eigenvalue weighted by Crippen LogP contribution is 2.26. The highest BCUT2D eigenvalue weighted by molar-refractivity contribution is 7.99. The van der Waals surface area contributed by atoms with E-state index in [4.69, 9.17) is 0 Å². The number of nitrogens with one attached hydrogen (secondary N) is 2. The zero-order valence-electron chi connectivity index (χ0n) is 21.4. The lowest BCUT2D eigenvalue weighted by Gasteiger charge is -2.22. The van der Waals surface area contributed by atoms with Crippen molar-refractivity contribution < 1.29 is 9.59 Å². The van der Waals surface area contributed by atoms with Crippen molar-refractivity contribution in [2.75, 3.05) is 11.1 Å². The molecule has 186 valence electrons. The Bertz CT molecular complexity index is 1170. The largest absolute Gasteiger partial charge is 0.342 e. The molecule has 0 unspecified atom stereocenters. The summed E-state index contributed by atoms with van der Waals surface area (Å²) < 4.78 is 1.98. The van der Waals surface area contributed by atoms with Gasteiger partial charge in [0.15, 0.2) is 11.0 Å². The van der Waals surface area contributed by atoms with Crippen LogP contribution in [0.2, 0.25) is 0 Å². The van der Waals surface area contributed by atoms with E-state index in [1.807, 2.05) is 81.7 Å². The van der Waals surface area contributed by atoms with Gasteiger partial charge in [0.1, 0.15) is 0 Å². The lowest BCUT2D eigenvalue weighted by atomic mass is 10.0. The number of nitrogens with zero attached hydrogens (tertiary/aromatic N) is 3. The molecule has 3 rings (SSSR count). The molecule has 8 heteroatoms. The van der Waals surface area contributed by atoms with Gasteiger partial charge in [-0.3, -0.25) is 9.59 Å². The molecule has 0 aliphatic carbocycles. The number of hydrogen-bond donors (Lipinski definition) is 2. The summed E-state index contributed by atoms with van der Waals surface area (Å²) in [7, 11) is 0. The maximum absolute atomic E-state index is 12.9. The van der Waals surface area contributed by atoms with Crippen LogP contribution in [-0.2, 0) is 17.8 Å². The topological polar surface area (TPSA) is 88.9 Å². The Kier molecular flexibility index (Phi) is 9.09. The summed E-state index contributed by atoms with van der Waals surface area (Å²) in [4.78, 5) is 25.6. The summed E-state index contributed by atoms with van der Waals surface area (Å²) in [6, 6.07) is 13.2. The van der Waals surface area contributed by atoms with E-state index in [1.54, 1.807) is 0 Å². The number of aryl methyl sites for hydroxylation is 3. The number of thioether (sulfide) groups is 1. The van der Waals surface area contributed by atoms with E-state index in [-0.39, 0.29) is 29.5 Å². The molecule has 0 bridgehead atoms. The standard InChI is InChI=1S/C27H35N5O2S/c1-7-20-11-9-10-19(6)24(20)28-22(33)16-35-27-31-30-25(32(27)8-2)23(17(3)4)29-26(34)21-14-12-18(5)13-15-21/h9-15,17,23H,7-8,16H2,1-6H3,(H,28,33)(H,29,34)/t23-/m0/s1. The fourth-order valence-corrected chi connectivity index (χ4v) is 4.71. The van der Waals surface area contributed by atoms with Crippen molar-refractivity contribution in [1.82, 2.24) is 20.1 Å². The molecule has 1 atom stereocenters. The minimum atomic E-state index is -0.307. The van der Waals surface area contributed by atoms with Gasteiger partial charge in [-0.15, -0.1) is 10.2 Å². The van der Waals surface area contributed by atoms with Crippen molar-refractivity contribution in [1.29, 1.82) is 0 Å². The third-order valence-electron chi connectivity index (χ3n) is 5.94. The Hall–Kier alpha value is -3.13. The number of benzene rings is 2. The summed E-state index contributed by atoms with van der Waals surface area (Å²) in [6.45, 7) is 12.8. The first kappa shape index (κ1) is 26.5. The van der Waals surface area contributed by atoms with Gasteiger partial charge in [-0.1, -0.05) is 68.4 Å². The molecular formula is C27H35N5O2S. The molecular weight excluding hydrogens is 458 g/mol. The zero-order chi connectivity index (χ0) is 25.5. The highest BCUT2D eigenvalue weighted by Gasteiger charge is 2.26. The van der Waals surface area contributed by atoms with Crippen molar-refractivity contribution >= 4 is 29.3 Å². The number of rotatable bonds is 10. The molecule has 7 nitrogen and oxygen atoms in total. The second kappa shape index (κ2) is 12.0. The minimum absolute atomic E-state index is 0.0840. The Labute approximate surface area is 212 Å². The van der Waals surface area contributed by atoms with Crippen LogP contribution >= 0.6 is 11.8 Å². The molecule has 0 fully saturated rings. The van der Waals surface area contributed by atoms with E-state index >= 15 is 0 Å². The fourth-order valence-electron chi connectivity index (χ4n) is 3.90. The van der Waals surface area contributed by atoms with Crippen molar-refractivity contribution in [2.45, 2.75) is 65.7 Å². The van der Waals surface area contributed by atoms with E-state index in [0.29, 0.717) is 23.1 Å². The molecule has 2 aromatic carbocycles. The lowest BCUT2D eigenvalue weighted by molar-refractivity contribution is -0.113. The Morgan fingerprint density at radius 1 is 1.03 bits per heavy atom.